The number of rotatable bonds is 6. The summed E-state index contributed by atoms with van der Waals surface area (Å²) in [7, 11) is -4.83. The van der Waals surface area contributed by atoms with E-state index in [1.807, 2.05) is 0 Å². The maximum atomic E-state index is 12.4. The molecular weight excluding hydrogens is 349 g/mol. The quantitative estimate of drug-likeness (QED) is 0.485. The first-order valence-corrected chi connectivity index (χ1v) is 9.00. The fourth-order valence-corrected chi connectivity index (χ4v) is 3.03. The largest absolute Gasteiger partial charge is 0.511 e. The molecule has 2 rings (SSSR count). The van der Waals surface area contributed by atoms with E-state index in [1.165, 1.54) is 6.07 Å². The van der Waals surface area contributed by atoms with E-state index in [4.69, 9.17) is 9.79 Å². The summed E-state index contributed by atoms with van der Waals surface area (Å²) in [5.74, 6) is -2.66. The van der Waals surface area contributed by atoms with Crippen molar-refractivity contribution < 1.29 is 34.5 Å². The molecule has 9 heteroatoms. The third kappa shape index (κ3) is 5.56. The highest BCUT2D eigenvalue weighted by Gasteiger charge is 2.32. The molecule has 1 atom stereocenters. The molecule has 25 heavy (non-hydrogen) atoms. The van der Waals surface area contributed by atoms with Gasteiger partial charge in [-0.05, 0) is 30.5 Å². The minimum atomic E-state index is -4.83. The molecule has 1 aliphatic carbocycles. The fraction of sp³-hybridized carbons (Fsp3) is 0.250. The summed E-state index contributed by atoms with van der Waals surface area (Å²) in [5.41, 5.74) is 0.450. The van der Waals surface area contributed by atoms with Crippen LogP contribution in [0.2, 0.25) is 0 Å². The molecule has 5 N–H and O–H groups in total. The lowest BCUT2D eigenvalue weighted by molar-refractivity contribution is -0.120. The number of Topliss-reactive ketones (excluding diaryl/α,β-unsaturated/α-hetero) is 1. The normalized spacial score (nSPS) is 19.4. The van der Waals surface area contributed by atoms with Crippen molar-refractivity contribution in [2.24, 2.45) is 10.7 Å². The van der Waals surface area contributed by atoms with Crippen LogP contribution < -0.4 is 0 Å². The number of aryl methyl sites for hydroxylation is 1. The third-order valence-electron chi connectivity index (χ3n) is 3.55. The molecule has 1 aromatic rings. The molecule has 1 aromatic carbocycles. The van der Waals surface area contributed by atoms with Gasteiger partial charge in [-0.3, -0.25) is 4.79 Å². The van der Waals surface area contributed by atoms with Crippen LogP contribution >= 0.6 is 7.75 Å². The van der Waals surface area contributed by atoms with Gasteiger partial charge >= 0.3 is 7.75 Å². The van der Waals surface area contributed by atoms with Gasteiger partial charge < -0.3 is 25.1 Å². The van der Waals surface area contributed by atoms with E-state index < -0.39 is 31.0 Å². The molecule has 0 radical (unpaired) electrons. The highest BCUT2D eigenvalue weighted by atomic mass is 31.2. The number of hydrogen-bond acceptors (Lipinski definition) is 5. The fourth-order valence-electron chi connectivity index (χ4n) is 2.55. The van der Waals surface area contributed by atoms with Gasteiger partial charge in [0.05, 0.1) is 5.71 Å². The lowest BCUT2D eigenvalue weighted by Crippen LogP contribution is -2.27. The van der Waals surface area contributed by atoms with Crippen molar-refractivity contribution in [3.8, 4) is 5.75 Å². The molecule has 134 valence electrons. The van der Waals surface area contributed by atoms with Gasteiger partial charge in [-0.25, -0.2) is 4.57 Å². The number of phenolic OH excluding ortho intramolecular Hbond substituents is 1. The van der Waals surface area contributed by atoms with Gasteiger partial charge in [-0.1, -0.05) is 12.1 Å². The van der Waals surface area contributed by atoms with Crippen LogP contribution in [0.25, 0.3) is 0 Å². The molecule has 1 unspecified atom stereocenters. The molecule has 1 aliphatic rings. The number of aliphatic hydroxyl groups excluding tert-OH is 2. The molecule has 0 fully saturated rings. The molecule has 0 aliphatic heterocycles. The number of benzene rings is 1. The van der Waals surface area contributed by atoms with Crippen LogP contribution in [0.4, 0.5) is 0 Å². The number of hydrogen-bond donors (Lipinski definition) is 5. The Bertz CT molecular complexity index is 806. The zero-order chi connectivity index (χ0) is 18.6. The Hall–Kier alpha value is -2.41. The molecule has 0 bridgehead atoms. The molecule has 0 amide bonds. The highest BCUT2D eigenvalue weighted by molar-refractivity contribution is 7.50. The zero-order valence-electron chi connectivity index (χ0n) is 13.1. The monoisotopic (exact) mass is 367 g/mol. The Balaban J connectivity index is 2.09. The zero-order valence-corrected chi connectivity index (χ0v) is 14.0. The van der Waals surface area contributed by atoms with E-state index >= 15 is 0 Å². The van der Waals surface area contributed by atoms with Gasteiger partial charge in [-0.2, -0.15) is 4.76 Å². The van der Waals surface area contributed by atoms with E-state index in [9.17, 15) is 24.7 Å². The lowest BCUT2D eigenvalue weighted by Gasteiger charge is -2.19. The maximum absolute atomic E-state index is 12.4. The van der Waals surface area contributed by atoms with Gasteiger partial charge in [0.15, 0.2) is 0 Å². The Kier molecular flexibility index (Phi) is 5.79. The van der Waals surface area contributed by atoms with Crippen molar-refractivity contribution in [1.29, 1.82) is 0 Å². The summed E-state index contributed by atoms with van der Waals surface area (Å²) in [6.07, 6.45) is 2.81. The lowest BCUT2D eigenvalue weighted by atomic mass is 9.89. The number of phenols is 1. The van der Waals surface area contributed by atoms with Crippen LogP contribution in [0.5, 0.6) is 5.75 Å². The number of allylic oxidation sites excluding steroid dienone is 3. The summed E-state index contributed by atoms with van der Waals surface area (Å²) in [6, 6.07) is 6.58. The molecule has 8 nitrogen and oxygen atoms in total. The van der Waals surface area contributed by atoms with E-state index in [-0.39, 0.29) is 17.9 Å². The Labute approximate surface area is 143 Å². The maximum Gasteiger partial charge on any atom is 0.448 e. The topological polar surface area (TPSA) is 148 Å². The van der Waals surface area contributed by atoms with Crippen LogP contribution in [0.1, 0.15) is 18.4 Å². The summed E-state index contributed by atoms with van der Waals surface area (Å²) in [6.45, 7) is 0. The van der Waals surface area contributed by atoms with E-state index in [1.54, 1.807) is 18.2 Å². The van der Waals surface area contributed by atoms with Crippen molar-refractivity contribution in [1.82, 2.24) is 0 Å². The number of aliphatic hydroxyl groups is 2. The summed E-state index contributed by atoms with van der Waals surface area (Å²) >= 11 is 0. The predicted octanol–water partition coefficient (Wildman–Crippen LogP) is 2.33. The van der Waals surface area contributed by atoms with Crippen molar-refractivity contribution in [3.05, 3.63) is 53.5 Å². The smallest absolute Gasteiger partial charge is 0.448 e. The Morgan fingerprint density at radius 2 is 1.88 bits per heavy atom. The summed E-state index contributed by atoms with van der Waals surface area (Å²) in [5, 5.41) is 28.8. The second-order valence-corrected chi connectivity index (χ2v) is 6.83. The van der Waals surface area contributed by atoms with Crippen LogP contribution in [-0.2, 0) is 15.8 Å². The van der Waals surface area contributed by atoms with Crippen LogP contribution in [0, 0.1) is 5.92 Å². The minimum Gasteiger partial charge on any atom is -0.511 e. The van der Waals surface area contributed by atoms with Gasteiger partial charge in [0.2, 0.25) is 0 Å². The Morgan fingerprint density at radius 3 is 2.52 bits per heavy atom. The summed E-state index contributed by atoms with van der Waals surface area (Å²) in [4.78, 5) is 30.3. The first kappa shape index (κ1) is 18.9. The second-order valence-electron chi connectivity index (χ2n) is 5.60. The van der Waals surface area contributed by atoms with Gasteiger partial charge in [0, 0.05) is 18.6 Å². The van der Waals surface area contributed by atoms with Crippen molar-refractivity contribution >= 4 is 19.2 Å². The van der Waals surface area contributed by atoms with Gasteiger partial charge in [-0.15, -0.1) is 0 Å². The third-order valence-corrected chi connectivity index (χ3v) is 4.04. The van der Waals surface area contributed by atoms with E-state index in [2.05, 4.69) is 4.76 Å². The number of carbonyl (C=O) groups is 1. The molecule has 0 saturated heterocycles. The molecule has 0 saturated carbocycles. The van der Waals surface area contributed by atoms with E-state index in [0.717, 1.165) is 17.7 Å². The van der Waals surface area contributed by atoms with Crippen molar-refractivity contribution in [2.45, 2.75) is 19.3 Å². The molecule has 0 spiro atoms. The average Bonchev–Trinajstić information content (AvgIpc) is 2.44. The first-order valence-electron chi connectivity index (χ1n) is 7.43. The number of ketones is 1. The Morgan fingerprint density at radius 1 is 1.16 bits per heavy atom. The second kappa shape index (κ2) is 7.65. The minimum absolute atomic E-state index is 0.0208. The standard InChI is InChI=1S/C16H18NO7P/c18-11-5-1-3-10(7-11)4-2-6-14(20)16-13(17-25(22,23)24)8-12(19)9-15(16)21/h1,3,5,7-9,16,18-19,21H,2,4,6H2,(H2,22,23,24)/b17-13+. The average molecular weight is 367 g/mol. The first-order chi connectivity index (χ1) is 11.7. The van der Waals surface area contributed by atoms with Crippen molar-refractivity contribution in [3.63, 3.8) is 0 Å². The van der Waals surface area contributed by atoms with Crippen LogP contribution in [0.3, 0.4) is 0 Å². The van der Waals surface area contributed by atoms with Gasteiger partial charge in [0.25, 0.3) is 0 Å². The number of aromatic hydroxyl groups is 1. The van der Waals surface area contributed by atoms with Gasteiger partial charge in [0.1, 0.15) is 29.0 Å². The molecular formula is C16H18NO7P. The number of carbonyl (C=O) groups excluding carboxylic acids is 1. The SMILES string of the molecule is O=C(CCCc1cccc(O)c1)C1C(O)=CC(O)=C/C1=N\P(=O)(O)O. The van der Waals surface area contributed by atoms with Crippen LogP contribution in [-0.4, -0.2) is 36.6 Å². The van der Waals surface area contributed by atoms with E-state index in [0.29, 0.717) is 12.8 Å². The summed E-state index contributed by atoms with van der Waals surface area (Å²) < 4.78 is 14.2. The predicted molar refractivity (Wildman–Crippen MR) is 90.4 cm³/mol. The molecule has 0 aromatic heterocycles. The number of nitrogens with zero attached hydrogens (tertiary/aromatic N) is 1. The highest BCUT2D eigenvalue weighted by Crippen LogP contribution is 2.38. The van der Waals surface area contributed by atoms with Crippen molar-refractivity contribution in [2.75, 3.05) is 0 Å². The van der Waals surface area contributed by atoms with Crippen LogP contribution in [0.15, 0.2) is 52.7 Å². The molecule has 0 heterocycles.